The summed E-state index contributed by atoms with van der Waals surface area (Å²) in [4.78, 5) is 36.8. The largest absolute Gasteiger partial charge is 0.462 e. The molecule has 4 aliphatic rings. The molecule has 0 aromatic heterocycles. The van der Waals surface area contributed by atoms with Gasteiger partial charge in [-0.2, -0.15) is 0 Å². The molecule has 0 aliphatic heterocycles. The molecule has 5 heteroatoms. The molecular weight excluding hydrogens is 356 g/mol. The standard InChI is InChI=1S/C23H32O5/c1-13(24)17-5-6-18-16-11-20(26)23(27)12-15(28-14(2)25)7-10-22(23,4)19(16)8-9-21(17,18)3/h5,15-16,18-19,27H,6-12H2,1-4H3/t15?,16-,18-,19-,21+,22+,23-/m0/s1. The van der Waals surface area contributed by atoms with E-state index in [1.54, 1.807) is 6.92 Å². The van der Waals surface area contributed by atoms with Crippen molar-refractivity contribution in [1.82, 2.24) is 0 Å². The predicted molar refractivity (Wildman–Crippen MR) is 103 cm³/mol. The zero-order valence-electron chi connectivity index (χ0n) is 17.4. The van der Waals surface area contributed by atoms with Crippen LogP contribution in [0.4, 0.5) is 0 Å². The minimum atomic E-state index is -1.42. The number of rotatable bonds is 2. The van der Waals surface area contributed by atoms with Crippen LogP contribution in [0.2, 0.25) is 0 Å². The predicted octanol–water partition coefficient (Wildman–Crippen LogP) is 3.38. The van der Waals surface area contributed by atoms with Crippen LogP contribution in [0.5, 0.6) is 0 Å². The first kappa shape index (κ1) is 19.8. The highest BCUT2D eigenvalue weighted by molar-refractivity contribution is 5.95. The molecule has 0 heterocycles. The zero-order chi connectivity index (χ0) is 20.5. The summed E-state index contributed by atoms with van der Waals surface area (Å²) < 4.78 is 5.36. The molecule has 4 aliphatic carbocycles. The summed E-state index contributed by atoms with van der Waals surface area (Å²) in [6, 6.07) is 0. The van der Waals surface area contributed by atoms with Crippen LogP contribution in [0.1, 0.15) is 72.6 Å². The molecule has 154 valence electrons. The maximum absolute atomic E-state index is 13.3. The molecule has 0 saturated heterocycles. The van der Waals surface area contributed by atoms with Crippen LogP contribution in [0.3, 0.4) is 0 Å². The number of esters is 1. The van der Waals surface area contributed by atoms with E-state index in [1.165, 1.54) is 6.92 Å². The van der Waals surface area contributed by atoms with E-state index in [1.807, 2.05) is 0 Å². The van der Waals surface area contributed by atoms with E-state index in [-0.39, 0.29) is 47.3 Å². The summed E-state index contributed by atoms with van der Waals surface area (Å²) in [6.45, 7) is 7.29. The van der Waals surface area contributed by atoms with Gasteiger partial charge in [-0.3, -0.25) is 14.4 Å². The second-order valence-electron chi connectivity index (χ2n) is 10.1. The molecule has 1 unspecified atom stereocenters. The van der Waals surface area contributed by atoms with Crippen molar-refractivity contribution in [2.24, 2.45) is 28.6 Å². The third-order valence-corrected chi connectivity index (χ3v) is 8.88. The molecule has 0 amide bonds. The fourth-order valence-electron chi connectivity index (χ4n) is 7.45. The van der Waals surface area contributed by atoms with Gasteiger partial charge in [0.15, 0.2) is 11.6 Å². The Kier molecular flexibility index (Phi) is 4.42. The third-order valence-electron chi connectivity index (χ3n) is 8.88. The quantitative estimate of drug-likeness (QED) is 0.734. The lowest BCUT2D eigenvalue weighted by Gasteiger charge is -2.62. The summed E-state index contributed by atoms with van der Waals surface area (Å²) in [5, 5.41) is 11.6. The SMILES string of the molecule is CC(=O)OC1CC[C@]2(C)[C@H]3CC[C@]4(C)C(C(C)=O)=CC[C@H]4[C@@H]3CC(=O)[C@@]2(O)C1. The Morgan fingerprint density at radius 2 is 1.86 bits per heavy atom. The summed E-state index contributed by atoms with van der Waals surface area (Å²) in [6.07, 6.45) is 6.36. The molecule has 0 spiro atoms. The van der Waals surface area contributed by atoms with E-state index in [9.17, 15) is 19.5 Å². The summed E-state index contributed by atoms with van der Waals surface area (Å²) in [5.74, 6) is 0.437. The fraction of sp³-hybridized carbons (Fsp3) is 0.783. The number of allylic oxidation sites excluding steroid dienone is 2. The second kappa shape index (κ2) is 6.25. The number of ketones is 2. The van der Waals surface area contributed by atoms with E-state index in [0.29, 0.717) is 25.2 Å². The van der Waals surface area contributed by atoms with Crippen molar-refractivity contribution in [1.29, 1.82) is 0 Å². The number of carbonyl (C=O) groups excluding carboxylic acids is 3. The Bertz CT molecular complexity index is 769. The Labute approximate surface area is 166 Å². The van der Waals surface area contributed by atoms with Crippen molar-refractivity contribution in [2.45, 2.75) is 84.3 Å². The Hall–Kier alpha value is -1.49. The molecule has 3 saturated carbocycles. The maximum atomic E-state index is 13.3. The number of ether oxygens (including phenoxy) is 1. The summed E-state index contributed by atoms with van der Waals surface area (Å²) in [7, 11) is 0. The van der Waals surface area contributed by atoms with Crippen LogP contribution < -0.4 is 0 Å². The highest BCUT2D eigenvalue weighted by atomic mass is 16.5. The first-order valence-electron chi connectivity index (χ1n) is 10.7. The van der Waals surface area contributed by atoms with Gasteiger partial charge in [-0.05, 0) is 67.8 Å². The van der Waals surface area contributed by atoms with Gasteiger partial charge in [-0.15, -0.1) is 0 Å². The van der Waals surface area contributed by atoms with Crippen LogP contribution >= 0.6 is 0 Å². The van der Waals surface area contributed by atoms with Gasteiger partial charge in [0.25, 0.3) is 0 Å². The maximum Gasteiger partial charge on any atom is 0.302 e. The topological polar surface area (TPSA) is 80.7 Å². The first-order chi connectivity index (χ1) is 13.0. The number of fused-ring (bicyclic) bond motifs is 5. The Balaban J connectivity index is 1.65. The molecule has 3 fully saturated rings. The number of Topliss-reactive ketones (excluding diaryl/α,β-unsaturated/α-hetero) is 2. The van der Waals surface area contributed by atoms with Gasteiger partial charge < -0.3 is 9.84 Å². The lowest BCUT2D eigenvalue weighted by Crippen LogP contribution is -2.67. The highest BCUT2D eigenvalue weighted by Gasteiger charge is 2.67. The van der Waals surface area contributed by atoms with E-state index >= 15 is 0 Å². The highest BCUT2D eigenvalue weighted by Crippen LogP contribution is 2.66. The van der Waals surface area contributed by atoms with Gasteiger partial charge in [0, 0.05) is 25.2 Å². The van der Waals surface area contributed by atoms with E-state index < -0.39 is 11.0 Å². The normalized spacial score (nSPS) is 47.5. The molecule has 0 aromatic rings. The number of carbonyl (C=O) groups is 3. The van der Waals surface area contributed by atoms with Crippen molar-refractivity contribution in [3.8, 4) is 0 Å². The molecule has 28 heavy (non-hydrogen) atoms. The van der Waals surface area contributed by atoms with E-state index in [0.717, 1.165) is 24.8 Å². The average molecular weight is 389 g/mol. The van der Waals surface area contributed by atoms with Crippen LogP contribution in [-0.2, 0) is 19.1 Å². The van der Waals surface area contributed by atoms with Gasteiger partial charge in [0.05, 0.1) is 0 Å². The van der Waals surface area contributed by atoms with Crippen molar-refractivity contribution in [2.75, 3.05) is 0 Å². The number of hydrogen-bond acceptors (Lipinski definition) is 5. The molecular formula is C23H32O5. The molecule has 7 atom stereocenters. The van der Waals surface area contributed by atoms with Gasteiger partial charge >= 0.3 is 5.97 Å². The Morgan fingerprint density at radius 1 is 1.14 bits per heavy atom. The summed E-state index contributed by atoms with van der Waals surface area (Å²) in [5.41, 5.74) is -1.12. The second-order valence-corrected chi connectivity index (χ2v) is 10.1. The molecule has 0 bridgehead atoms. The minimum absolute atomic E-state index is 0.103. The van der Waals surface area contributed by atoms with Crippen LogP contribution in [0.15, 0.2) is 11.6 Å². The van der Waals surface area contributed by atoms with Crippen molar-refractivity contribution < 1.29 is 24.2 Å². The monoisotopic (exact) mass is 388 g/mol. The number of hydrogen-bond donors (Lipinski definition) is 1. The molecule has 4 rings (SSSR count). The minimum Gasteiger partial charge on any atom is -0.462 e. The van der Waals surface area contributed by atoms with Crippen LogP contribution in [-0.4, -0.2) is 34.3 Å². The summed E-state index contributed by atoms with van der Waals surface area (Å²) >= 11 is 0. The Morgan fingerprint density at radius 3 is 2.50 bits per heavy atom. The molecule has 1 N–H and O–H groups in total. The van der Waals surface area contributed by atoms with Crippen LogP contribution in [0.25, 0.3) is 0 Å². The molecule has 0 radical (unpaired) electrons. The van der Waals surface area contributed by atoms with Gasteiger partial charge in [-0.25, -0.2) is 0 Å². The third kappa shape index (κ3) is 2.51. The van der Waals surface area contributed by atoms with E-state index in [4.69, 9.17) is 4.74 Å². The lowest BCUT2D eigenvalue weighted by molar-refractivity contribution is -0.215. The zero-order valence-corrected chi connectivity index (χ0v) is 17.4. The fourth-order valence-corrected chi connectivity index (χ4v) is 7.45. The van der Waals surface area contributed by atoms with Crippen LogP contribution in [0, 0.1) is 28.6 Å². The smallest absolute Gasteiger partial charge is 0.302 e. The lowest BCUT2D eigenvalue weighted by atomic mass is 9.43. The van der Waals surface area contributed by atoms with Gasteiger partial charge in [-0.1, -0.05) is 19.9 Å². The van der Waals surface area contributed by atoms with Crippen molar-refractivity contribution in [3.63, 3.8) is 0 Å². The molecule has 0 aromatic carbocycles. The first-order valence-corrected chi connectivity index (χ1v) is 10.7. The van der Waals surface area contributed by atoms with Gasteiger partial charge in [0.1, 0.15) is 11.7 Å². The molecule has 5 nitrogen and oxygen atoms in total. The van der Waals surface area contributed by atoms with E-state index in [2.05, 4.69) is 19.9 Å². The average Bonchev–Trinajstić information content (AvgIpc) is 2.95. The number of aliphatic hydroxyl groups is 1. The van der Waals surface area contributed by atoms with Crippen molar-refractivity contribution in [3.05, 3.63) is 11.6 Å². The van der Waals surface area contributed by atoms with Gasteiger partial charge in [0.2, 0.25) is 0 Å². The van der Waals surface area contributed by atoms with Crippen molar-refractivity contribution >= 4 is 17.5 Å².